The minimum Gasteiger partial charge on any atom is -0.394 e. The Labute approximate surface area is 528 Å². The van der Waals surface area contributed by atoms with Crippen LogP contribution in [0.15, 0.2) is 97.2 Å². The molecule has 9 N–H and O–H groups in total. The molecule has 12 unspecified atom stereocenters. The number of unbranched alkanes of at least 4 members (excludes halogenated alkanes) is 27. The normalized spacial score (nSPS) is 23.9. The summed E-state index contributed by atoms with van der Waals surface area (Å²) in [5.74, 6) is -0.208. The molecule has 2 heterocycles. The maximum absolute atomic E-state index is 13.3. The first-order chi connectivity index (χ1) is 42.6. The van der Waals surface area contributed by atoms with Crippen molar-refractivity contribution in [1.29, 1.82) is 0 Å². The highest BCUT2D eigenvalue weighted by Gasteiger charge is 2.51. The maximum atomic E-state index is 13.3. The molecule has 0 radical (unpaired) electrons. The van der Waals surface area contributed by atoms with Crippen molar-refractivity contribution < 1.29 is 64.6 Å². The van der Waals surface area contributed by atoms with Gasteiger partial charge in [0, 0.05) is 6.42 Å². The molecule has 1 amide bonds. The van der Waals surface area contributed by atoms with E-state index >= 15 is 0 Å². The molecule has 14 heteroatoms. The lowest BCUT2D eigenvalue weighted by Crippen LogP contribution is -2.65. The molecular weight excluding hydrogens is 1100 g/mol. The quantitative estimate of drug-likeness (QED) is 0.0204. The average molecular weight is 1230 g/mol. The van der Waals surface area contributed by atoms with Gasteiger partial charge in [-0.2, -0.15) is 0 Å². The van der Waals surface area contributed by atoms with Crippen LogP contribution in [0.25, 0.3) is 0 Å². The van der Waals surface area contributed by atoms with Crippen LogP contribution in [0, 0.1) is 0 Å². The largest absolute Gasteiger partial charge is 0.394 e. The summed E-state index contributed by atoms with van der Waals surface area (Å²) in [6, 6.07) is -0.831. The van der Waals surface area contributed by atoms with E-state index in [-0.39, 0.29) is 12.5 Å². The lowest BCUT2D eigenvalue weighted by atomic mass is 9.97. The highest BCUT2D eigenvalue weighted by molar-refractivity contribution is 5.76. The molecule has 0 bridgehead atoms. The molecule has 0 aromatic carbocycles. The van der Waals surface area contributed by atoms with E-state index in [1.54, 1.807) is 0 Å². The van der Waals surface area contributed by atoms with E-state index in [1.165, 1.54) is 135 Å². The van der Waals surface area contributed by atoms with Gasteiger partial charge in [0.25, 0.3) is 0 Å². The number of aliphatic hydroxyl groups excluding tert-OH is 8. The Bertz CT molecular complexity index is 1830. The maximum Gasteiger partial charge on any atom is 0.220 e. The molecule has 87 heavy (non-hydrogen) atoms. The molecule has 0 saturated carbocycles. The topological polar surface area (TPSA) is 228 Å². The fourth-order valence-corrected chi connectivity index (χ4v) is 11.0. The second-order valence-electron chi connectivity index (χ2n) is 24.3. The highest BCUT2D eigenvalue weighted by Crippen LogP contribution is 2.30. The van der Waals surface area contributed by atoms with Crippen LogP contribution in [-0.2, 0) is 23.7 Å². The highest BCUT2D eigenvalue weighted by atomic mass is 16.7. The minimum absolute atomic E-state index is 0.208. The van der Waals surface area contributed by atoms with Crippen molar-refractivity contribution in [1.82, 2.24) is 5.32 Å². The third-order valence-corrected chi connectivity index (χ3v) is 16.6. The summed E-state index contributed by atoms with van der Waals surface area (Å²) in [5.41, 5.74) is 0. The van der Waals surface area contributed by atoms with Gasteiger partial charge in [0.2, 0.25) is 5.91 Å². The molecule has 2 aliphatic heterocycles. The number of aliphatic hydroxyl groups is 8. The first-order valence-electron chi connectivity index (χ1n) is 35.0. The Hall–Kier alpha value is -3.09. The number of amides is 1. The van der Waals surface area contributed by atoms with Crippen LogP contribution in [-0.4, -0.2) is 140 Å². The van der Waals surface area contributed by atoms with Gasteiger partial charge in [-0.3, -0.25) is 4.79 Å². The van der Waals surface area contributed by atoms with Crippen molar-refractivity contribution in [3.63, 3.8) is 0 Å². The van der Waals surface area contributed by atoms with Gasteiger partial charge in [0.05, 0.1) is 32.0 Å². The molecule has 0 aromatic heterocycles. The van der Waals surface area contributed by atoms with Crippen molar-refractivity contribution in [2.45, 2.75) is 338 Å². The van der Waals surface area contributed by atoms with E-state index in [2.05, 4.69) is 116 Å². The lowest BCUT2D eigenvalue weighted by Gasteiger charge is -2.46. The van der Waals surface area contributed by atoms with Crippen molar-refractivity contribution in [3.05, 3.63) is 97.2 Å². The second kappa shape index (κ2) is 56.9. The molecule has 0 spiro atoms. The molecule has 2 aliphatic rings. The molecule has 502 valence electrons. The van der Waals surface area contributed by atoms with E-state index in [9.17, 15) is 45.6 Å². The van der Waals surface area contributed by atoms with Crippen LogP contribution < -0.4 is 5.32 Å². The van der Waals surface area contributed by atoms with Gasteiger partial charge in [0.15, 0.2) is 12.6 Å². The van der Waals surface area contributed by atoms with Crippen LogP contribution in [0.5, 0.6) is 0 Å². The monoisotopic (exact) mass is 1230 g/mol. The van der Waals surface area contributed by atoms with Crippen LogP contribution in [0.2, 0.25) is 0 Å². The van der Waals surface area contributed by atoms with E-state index < -0.39 is 86.8 Å². The van der Waals surface area contributed by atoms with Crippen molar-refractivity contribution in [2.75, 3.05) is 19.8 Å². The Kier molecular flexibility index (Phi) is 52.3. The summed E-state index contributed by atoms with van der Waals surface area (Å²) in [6.45, 7) is 2.74. The molecule has 2 fully saturated rings. The molecule has 2 saturated heterocycles. The zero-order valence-electron chi connectivity index (χ0n) is 54.5. The third-order valence-electron chi connectivity index (χ3n) is 16.6. The summed E-state index contributed by atoms with van der Waals surface area (Å²) in [6.07, 6.45) is 63.0. The Morgan fingerprint density at radius 1 is 0.425 bits per heavy atom. The predicted molar refractivity (Wildman–Crippen MR) is 355 cm³/mol. The minimum atomic E-state index is -1.78. The van der Waals surface area contributed by atoms with Crippen LogP contribution in [0.3, 0.4) is 0 Å². The molecular formula is C73H127NO13. The van der Waals surface area contributed by atoms with Crippen molar-refractivity contribution in [2.24, 2.45) is 0 Å². The molecule has 14 nitrogen and oxygen atoms in total. The van der Waals surface area contributed by atoms with Crippen molar-refractivity contribution >= 4 is 5.91 Å². The van der Waals surface area contributed by atoms with Crippen LogP contribution in [0.1, 0.15) is 264 Å². The second-order valence-corrected chi connectivity index (χ2v) is 24.3. The summed E-state index contributed by atoms with van der Waals surface area (Å²) >= 11 is 0. The Morgan fingerprint density at radius 3 is 1.22 bits per heavy atom. The summed E-state index contributed by atoms with van der Waals surface area (Å²) < 4.78 is 22.8. The van der Waals surface area contributed by atoms with Crippen LogP contribution in [0.4, 0.5) is 0 Å². The van der Waals surface area contributed by atoms with E-state index in [0.717, 1.165) is 103 Å². The fraction of sp³-hybridized carbons (Fsp3) is 0.767. The SMILES string of the molecule is CC/C=C\C/C=C\C/C=C\C/C=C\C/C=C\C/C=C\C/C=C\C/C=C\CCCCCCCCCCCCCCCCCCC(=O)NC(COC1OC(CO)C(OC2OC(CO)C(O)C(O)C2O)C(O)C1O)C(O)CCCCCCCCCCCCCC. The zero-order chi connectivity index (χ0) is 63.1. The first-order valence-corrected chi connectivity index (χ1v) is 35.0. The number of ether oxygens (including phenoxy) is 4. The van der Waals surface area contributed by atoms with E-state index in [1.807, 2.05) is 0 Å². The number of hydrogen-bond acceptors (Lipinski definition) is 13. The van der Waals surface area contributed by atoms with Gasteiger partial charge in [-0.05, 0) is 77.0 Å². The smallest absolute Gasteiger partial charge is 0.220 e. The molecule has 0 aromatic rings. The number of allylic oxidation sites excluding steroid dienone is 16. The van der Waals surface area contributed by atoms with Crippen molar-refractivity contribution in [3.8, 4) is 0 Å². The van der Waals surface area contributed by atoms with Gasteiger partial charge in [-0.25, -0.2) is 0 Å². The van der Waals surface area contributed by atoms with E-state index in [0.29, 0.717) is 12.8 Å². The summed E-state index contributed by atoms with van der Waals surface area (Å²) in [4.78, 5) is 13.3. The van der Waals surface area contributed by atoms with E-state index in [4.69, 9.17) is 18.9 Å². The van der Waals surface area contributed by atoms with Gasteiger partial charge < -0.3 is 65.1 Å². The number of carbonyl (C=O) groups excluding carboxylic acids is 1. The number of rotatable bonds is 56. The average Bonchev–Trinajstić information content (AvgIpc) is 2.31. The number of carbonyl (C=O) groups is 1. The zero-order valence-corrected chi connectivity index (χ0v) is 54.5. The Morgan fingerprint density at radius 2 is 0.793 bits per heavy atom. The van der Waals surface area contributed by atoms with Gasteiger partial charge in [-0.15, -0.1) is 0 Å². The number of hydrogen-bond donors (Lipinski definition) is 9. The Balaban J connectivity index is 1.55. The standard InChI is InChI=1S/C73H127NO13/c1-3-5-7-9-11-13-15-17-18-19-20-21-22-23-24-25-26-27-28-29-30-31-32-33-34-35-36-37-38-39-40-41-42-43-44-45-47-49-51-53-55-57-65(78)74-61(62(77)56-54-52-50-48-46-16-14-12-10-8-6-4-2)60-84-72-70(83)68(81)71(64(59-76)86-72)87-73-69(82)67(80)66(79)63(58-75)85-73/h5,7,11,13,17-18,20-21,23-24,26-27,29-30,32-33,61-64,66-73,75-77,79-83H,3-4,6,8-10,12,14-16,19,22,25,28,31,34-60H2,1-2H3,(H,74,78)/b7-5-,13-11-,18-17-,21-20-,24-23-,27-26-,30-29-,33-32-. The van der Waals surface area contributed by atoms with Gasteiger partial charge >= 0.3 is 0 Å². The summed E-state index contributed by atoms with van der Waals surface area (Å²) in [5, 5.41) is 87.3. The number of nitrogens with one attached hydrogen (secondary N) is 1. The predicted octanol–water partition coefficient (Wildman–Crippen LogP) is 14.2. The summed E-state index contributed by atoms with van der Waals surface area (Å²) in [7, 11) is 0. The van der Waals surface area contributed by atoms with Crippen LogP contribution >= 0.6 is 0 Å². The fourth-order valence-electron chi connectivity index (χ4n) is 11.0. The molecule has 2 rings (SSSR count). The first kappa shape index (κ1) is 80.0. The third kappa shape index (κ3) is 41.1. The van der Waals surface area contributed by atoms with Gasteiger partial charge in [0.1, 0.15) is 48.8 Å². The lowest BCUT2D eigenvalue weighted by molar-refractivity contribution is -0.359. The molecule has 0 aliphatic carbocycles. The van der Waals surface area contributed by atoms with Gasteiger partial charge in [-0.1, -0.05) is 278 Å². The molecule has 12 atom stereocenters.